The molecule has 7 nitrogen and oxygen atoms in total. The van der Waals surface area contributed by atoms with E-state index in [-0.39, 0.29) is 10.6 Å². The van der Waals surface area contributed by atoms with Gasteiger partial charge in [0, 0.05) is 5.69 Å². The van der Waals surface area contributed by atoms with E-state index < -0.39 is 23.9 Å². The summed E-state index contributed by atoms with van der Waals surface area (Å²) < 4.78 is 10.3. The third-order valence-electron chi connectivity index (χ3n) is 4.09. The first-order valence-electron chi connectivity index (χ1n) is 8.87. The lowest BCUT2D eigenvalue weighted by molar-refractivity contribution is -0.123. The lowest BCUT2D eigenvalue weighted by Gasteiger charge is -2.14. The molecule has 1 unspecified atom stereocenters. The summed E-state index contributed by atoms with van der Waals surface area (Å²) in [5.41, 5.74) is 2.60. The van der Waals surface area contributed by atoms with E-state index in [2.05, 4.69) is 10.6 Å². The van der Waals surface area contributed by atoms with Gasteiger partial charge in [0.15, 0.2) is 11.9 Å². The second-order valence-corrected chi connectivity index (χ2v) is 7.53. The summed E-state index contributed by atoms with van der Waals surface area (Å²) >= 11 is 1.05. The van der Waals surface area contributed by atoms with Crippen molar-refractivity contribution in [2.75, 3.05) is 10.6 Å². The highest BCUT2D eigenvalue weighted by atomic mass is 32.1. The molecule has 2 heterocycles. The minimum absolute atomic E-state index is 0.166. The fourth-order valence-corrected chi connectivity index (χ4v) is 3.26. The van der Waals surface area contributed by atoms with E-state index in [0.717, 1.165) is 22.5 Å². The summed E-state index contributed by atoms with van der Waals surface area (Å²) in [6.07, 6.45) is 0.419. The highest BCUT2D eigenvalue weighted by Gasteiger charge is 2.21. The van der Waals surface area contributed by atoms with Gasteiger partial charge in [0.25, 0.3) is 11.8 Å². The zero-order valence-corrected chi connectivity index (χ0v) is 17.0. The number of amides is 2. The molecule has 1 atom stereocenters. The van der Waals surface area contributed by atoms with Crippen LogP contribution in [0.25, 0.3) is 0 Å². The second-order valence-electron chi connectivity index (χ2n) is 6.45. The molecular formula is C21H20N2O5S. The first-order chi connectivity index (χ1) is 13.8. The van der Waals surface area contributed by atoms with Gasteiger partial charge in [-0.1, -0.05) is 12.1 Å². The van der Waals surface area contributed by atoms with Crippen molar-refractivity contribution >= 4 is 39.8 Å². The van der Waals surface area contributed by atoms with Crippen LogP contribution in [0.5, 0.6) is 0 Å². The van der Waals surface area contributed by atoms with Crippen LogP contribution in [-0.4, -0.2) is 23.9 Å². The van der Waals surface area contributed by atoms with Crippen molar-refractivity contribution in [3.8, 4) is 0 Å². The van der Waals surface area contributed by atoms with Crippen molar-refractivity contribution in [3.05, 3.63) is 70.5 Å². The highest BCUT2D eigenvalue weighted by Crippen LogP contribution is 2.24. The van der Waals surface area contributed by atoms with Crippen LogP contribution < -0.4 is 10.6 Å². The summed E-state index contributed by atoms with van der Waals surface area (Å²) in [5.74, 6) is -1.32. The van der Waals surface area contributed by atoms with Crippen molar-refractivity contribution in [2.45, 2.75) is 26.9 Å². The quantitative estimate of drug-likeness (QED) is 0.585. The van der Waals surface area contributed by atoms with Gasteiger partial charge in [0.2, 0.25) is 0 Å². The number of aryl methyl sites for hydroxylation is 2. The van der Waals surface area contributed by atoms with E-state index in [1.54, 1.807) is 12.1 Å². The van der Waals surface area contributed by atoms with E-state index in [4.69, 9.17) is 9.15 Å². The molecule has 2 N–H and O–H groups in total. The molecule has 0 bridgehead atoms. The third kappa shape index (κ3) is 5.11. The van der Waals surface area contributed by atoms with Crippen LogP contribution in [0.2, 0.25) is 0 Å². The SMILES string of the molecule is Cc1ccc(C)c(NC(=O)C(C)OC(=O)c2ccc(NC(=O)c3ccco3)s2)c1. The summed E-state index contributed by atoms with van der Waals surface area (Å²) in [5, 5.41) is 5.88. The Morgan fingerprint density at radius 1 is 1.07 bits per heavy atom. The number of hydrogen-bond acceptors (Lipinski definition) is 6. The number of hydrogen-bond donors (Lipinski definition) is 2. The third-order valence-corrected chi connectivity index (χ3v) is 5.07. The number of carbonyl (C=O) groups is 3. The fourth-order valence-electron chi connectivity index (χ4n) is 2.47. The Morgan fingerprint density at radius 2 is 1.86 bits per heavy atom. The molecule has 0 aliphatic heterocycles. The minimum Gasteiger partial charge on any atom is -0.459 e. The molecule has 3 aromatic rings. The van der Waals surface area contributed by atoms with Crippen LogP contribution in [0.4, 0.5) is 10.7 Å². The van der Waals surface area contributed by atoms with Crippen LogP contribution in [-0.2, 0) is 9.53 Å². The summed E-state index contributed by atoms with van der Waals surface area (Å²) in [4.78, 5) is 37.0. The van der Waals surface area contributed by atoms with Crippen molar-refractivity contribution in [1.29, 1.82) is 0 Å². The van der Waals surface area contributed by atoms with Crippen molar-refractivity contribution < 1.29 is 23.5 Å². The number of esters is 1. The highest BCUT2D eigenvalue weighted by molar-refractivity contribution is 7.18. The number of anilines is 2. The molecule has 29 heavy (non-hydrogen) atoms. The molecule has 0 aliphatic rings. The maximum absolute atomic E-state index is 12.4. The average Bonchev–Trinajstić information content (AvgIpc) is 3.36. The van der Waals surface area contributed by atoms with Crippen LogP contribution in [0.1, 0.15) is 38.3 Å². The minimum atomic E-state index is -0.981. The Morgan fingerprint density at radius 3 is 2.59 bits per heavy atom. The van der Waals surface area contributed by atoms with Crippen molar-refractivity contribution in [2.24, 2.45) is 0 Å². The van der Waals surface area contributed by atoms with Gasteiger partial charge in [-0.15, -0.1) is 11.3 Å². The van der Waals surface area contributed by atoms with Crippen molar-refractivity contribution in [1.82, 2.24) is 0 Å². The largest absolute Gasteiger partial charge is 0.459 e. The molecule has 0 saturated heterocycles. The lowest BCUT2D eigenvalue weighted by atomic mass is 10.1. The van der Waals surface area contributed by atoms with E-state index in [1.165, 1.54) is 25.3 Å². The van der Waals surface area contributed by atoms with Crippen LogP contribution in [0.15, 0.2) is 53.1 Å². The topological polar surface area (TPSA) is 97.6 Å². The molecule has 0 spiro atoms. The number of ether oxygens (including phenoxy) is 1. The first-order valence-corrected chi connectivity index (χ1v) is 9.69. The maximum Gasteiger partial charge on any atom is 0.349 e. The molecule has 0 fully saturated rings. The number of furan rings is 1. The number of carbonyl (C=O) groups excluding carboxylic acids is 3. The predicted molar refractivity (Wildman–Crippen MR) is 110 cm³/mol. The predicted octanol–water partition coefficient (Wildman–Crippen LogP) is 4.39. The molecular weight excluding hydrogens is 392 g/mol. The van der Waals surface area contributed by atoms with Gasteiger partial charge < -0.3 is 19.8 Å². The number of benzene rings is 1. The van der Waals surface area contributed by atoms with Crippen LogP contribution in [0.3, 0.4) is 0 Å². The Labute approximate surface area is 171 Å². The average molecular weight is 412 g/mol. The number of thiophene rings is 1. The molecule has 0 radical (unpaired) electrons. The van der Waals surface area contributed by atoms with Crippen LogP contribution in [0, 0.1) is 13.8 Å². The first kappa shape index (κ1) is 20.3. The van der Waals surface area contributed by atoms with Crippen molar-refractivity contribution in [3.63, 3.8) is 0 Å². The molecule has 0 aliphatic carbocycles. The molecule has 150 valence electrons. The zero-order valence-electron chi connectivity index (χ0n) is 16.1. The van der Waals surface area contributed by atoms with E-state index in [0.29, 0.717) is 10.7 Å². The van der Waals surface area contributed by atoms with Gasteiger partial charge in [0.1, 0.15) is 4.88 Å². The van der Waals surface area contributed by atoms with Gasteiger partial charge in [-0.25, -0.2) is 4.79 Å². The Balaban J connectivity index is 1.58. The molecule has 1 aromatic carbocycles. The number of rotatable bonds is 6. The molecule has 8 heteroatoms. The van der Waals surface area contributed by atoms with Gasteiger partial charge in [-0.2, -0.15) is 0 Å². The lowest BCUT2D eigenvalue weighted by Crippen LogP contribution is -2.30. The van der Waals surface area contributed by atoms with E-state index in [9.17, 15) is 14.4 Å². The summed E-state index contributed by atoms with van der Waals surface area (Å²) in [7, 11) is 0. The van der Waals surface area contributed by atoms with Gasteiger partial charge in [-0.05, 0) is 62.2 Å². The summed E-state index contributed by atoms with van der Waals surface area (Å²) in [6.45, 7) is 5.32. The zero-order chi connectivity index (χ0) is 21.0. The molecule has 3 rings (SSSR count). The molecule has 2 aromatic heterocycles. The smallest absolute Gasteiger partial charge is 0.349 e. The normalized spacial score (nSPS) is 11.6. The maximum atomic E-state index is 12.4. The number of nitrogens with one attached hydrogen (secondary N) is 2. The van der Waals surface area contributed by atoms with E-state index in [1.807, 2.05) is 32.0 Å². The van der Waals surface area contributed by atoms with Crippen LogP contribution >= 0.6 is 11.3 Å². The Kier molecular flexibility index (Phi) is 6.13. The van der Waals surface area contributed by atoms with E-state index >= 15 is 0 Å². The molecule has 0 saturated carbocycles. The molecule has 2 amide bonds. The van der Waals surface area contributed by atoms with Gasteiger partial charge >= 0.3 is 5.97 Å². The second kappa shape index (κ2) is 8.74. The van der Waals surface area contributed by atoms with Gasteiger partial charge in [-0.3, -0.25) is 9.59 Å². The fraction of sp³-hybridized carbons (Fsp3) is 0.190. The Hall–Kier alpha value is -3.39. The van der Waals surface area contributed by atoms with Gasteiger partial charge in [0.05, 0.1) is 11.3 Å². The standard InChI is InChI=1S/C21H20N2O5S/c1-12-6-7-13(2)15(11-12)22-19(24)14(3)28-21(26)17-8-9-18(29-17)23-20(25)16-5-4-10-27-16/h4-11,14H,1-3H3,(H,22,24)(H,23,25). The Bertz CT molecular complexity index is 1040. The monoisotopic (exact) mass is 412 g/mol. The summed E-state index contributed by atoms with van der Waals surface area (Å²) in [6, 6.07) is 12.0.